The van der Waals surface area contributed by atoms with E-state index >= 15 is 0 Å². The molecule has 4 heterocycles. The Bertz CT molecular complexity index is 1380. The first-order valence-electron chi connectivity index (χ1n) is 12.6. The highest BCUT2D eigenvalue weighted by molar-refractivity contribution is 5.95. The number of hydrogen-bond acceptors (Lipinski definition) is 8. The summed E-state index contributed by atoms with van der Waals surface area (Å²) in [7, 11) is 1.64. The molecule has 0 aliphatic carbocycles. The van der Waals surface area contributed by atoms with Crippen LogP contribution in [0.2, 0.25) is 0 Å². The third-order valence-electron chi connectivity index (χ3n) is 6.79. The molecule has 0 bridgehead atoms. The molecule has 3 aromatic rings. The summed E-state index contributed by atoms with van der Waals surface area (Å²) in [6.45, 7) is 7.02. The average molecular weight is 505 g/mol. The lowest BCUT2D eigenvalue weighted by Crippen LogP contribution is -2.41. The molecule has 1 fully saturated rings. The maximum Gasteiger partial charge on any atom is 0.410 e. The zero-order chi connectivity index (χ0) is 26.2. The van der Waals surface area contributed by atoms with Crippen LogP contribution in [-0.4, -0.2) is 46.9 Å². The second-order valence-corrected chi connectivity index (χ2v) is 10.5. The molecule has 9 nitrogen and oxygen atoms in total. The first kappa shape index (κ1) is 24.8. The number of aryl methyl sites for hydroxylation is 1. The molecule has 0 saturated carbocycles. The van der Waals surface area contributed by atoms with Gasteiger partial charge in [0.15, 0.2) is 17.3 Å². The monoisotopic (exact) mass is 504 g/mol. The smallest absolute Gasteiger partial charge is 0.410 e. The largest absolute Gasteiger partial charge is 0.504 e. The number of likely N-dealkylation sites (tertiary alicyclic amines) is 1. The Hall–Kier alpha value is -3.88. The van der Waals surface area contributed by atoms with Gasteiger partial charge in [-0.25, -0.2) is 9.78 Å². The summed E-state index contributed by atoms with van der Waals surface area (Å²) in [6.07, 6.45) is 6.59. The highest BCUT2D eigenvalue weighted by Gasteiger charge is 2.28. The lowest BCUT2D eigenvalue weighted by atomic mass is 9.90. The number of ether oxygens (including phenoxy) is 2. The number of carbonyl (C=O) groups is 1. The number of rotatable bonds is 5. The number of furan rings is 1. The van der Waals surface area contributed by atoms with E-state index in [1.54, 1.807) is 24.3 Å². The summed E-state index contributed by atoms with van der Waals surface area (Å²) in [4.78, 5) is 18.4. The predicted octanol–water partition coefficient (Wildman–Crippen LogP) is 6.72. The number of hydrogen-bond donors (Lipinski definition) is 1. The highest BCUT2D eigenvalue weighted by atomic mass is 16.6. The second kappa shape index (κ2) is 9.88. The van der Waals surface area contributed by atoms with E-state index in [2.05, 4.69) is 15.2 Å². The maximum atomic E-state index is 12.4. The number of fused-ring (bicyclic) bond motifs is 2. The van der Waals surface area contributed by atoms with E-state index in [1.807, 2.05) is 45.0 Å². The third-order valence-corrected chi connectivity index (χ3v) is 6.79. The van der Waals surface area contributed by atoms with Gasteiger partial charge in [0.2, 0.25) is 0 Å². The summed E-state index contributed by atoms with van der Waals surface area (Å²) in [5.41, 5.74) is 2.41. The number of methoxy groups -OCH3 is 1. The lowest BCUT2D eigenvalue weighted by Gasteiger charge is -2.33. The number of aromatic nitrogens is 1. The molecule has 2 aliphatic heterocycles. The van der Waals surface area contributed by atoms with Crippen molar-refractivity contribution in [1.29, 1.82) is 0 Å². The number of nitrogens with zero attached hydrogens (tertiary/aromatic N) is 4. The highest BCUT2D eigenvalue weighted by Crippen LogP contribution is 2.42. The molecule has 1 saturated heterocycles. The molecule has 1 N–H and O–H groups in total. The molecular formula is C28H32N4O5. The van der Waals surface area contributed by atoms with E-state index < -0.39 is 5.60 Å². The van der Waals surface area contributed by atoms with Gasteiger partial charge in [-0.05, 0) is 76.6 Å². The Morgan fingerprint density at radius 3 is 2.73 bits per heavy atom. The normalized spacial score (nSPS) is 17.0. The SMILES string of the molecule is COc1ccc2c(O)c(C=C3N=Nc4ncccc43)oc2c1CCC1CCN(C(=O)OC(C)(C)C)CC1. The van der Waals surface area contributed by atoms with Gasteiger partial charge < -0.3 is 23.9 Å². The summed E-state index contributed by atoms with van der Waals surface area (Å²) >= 11 is 0. The van der Waals surface area contributed by atoms with E-state index in [0.29, 0.717) is 47.3 Å². The average Bonchev–Trinajstić information content (AvgIpc) is 3.43. The zero-order valence-electron chi connectivity index (χ0n) is 21.7. The summed E-state index contributed by atoms with van der Waals surface area (Å²) < 4.78 is 17.3. The first-order valence-corrected chi connectivity index (χ1v) is 12.6. The van der Waals surface area contributed by atoms with Gasteiger partial charge in [0.05, 0.1) is 12.5 Å². The van der Waals surface area contributed by atoms with Crippen LogP contribution in [0.3, 0.4) is 0 Å². The number of aromatic hydroxyl groups is 1. The number of amides is 1. The minimum absolute atomic E-state index is 0.0598. The number of carbonyl (C=O) groups excluding carboxylic acids is 1. The van der Waals surface area contributed by atoms with E-state index in [1.165, 1.54) is 0 Å². The summed E-state index contributed by atoms with van der Waals surface area (Å²) in [5.74, 6) is 2.11. The van der Waals surface area contributed by atoms with Gasteiger partial charge >= 0.3 is 6.09 Å². The zero-order valence-corrected chi connectivity index (χ0v) is 21.7. The summed E-state index contributed by atoms with van der Waals surface area (Å²) in [5, 5.41) is 19.9. The van der Waals surface area contributed by atoms with Gasteiger partial charge in [-0.2, -0.15) is 0 Å². The van der Waals surface area contributed by atoms with Gasteiger partial charge in [0.1, 0.15) is 22.6 Å². The van der Waals surface area contributed by atoms with Crippen LogP contribution in [0.25, 0.3) is 22.7 Å². The van der Waals surface area contributed by atoms with E-state index in [-0.39, 0.29) is 11.8 Å². The number of pyridine rings is 1. The van der Waals surface area contributed by atoms with Crippen molar-refractivity contribution < 1.29 is 23.8 Å². The van der Waals surface area contributed by atoms with Crippen LogP contribution in [0.4, 0.5) is 10.6 Å². The fraction of sp³-hybridized carbons (Fsp3) is 0.429. The Balaban J connectivity index is 1.33. The Morgan fingerprint density at radius 1 is 1.22 bits per heavy atom. The standard InChI is InChI=1S/C28H32N4O5/c1-28(2,3)37-27(34)32-14-11-17(12-15-32)7-8-19-22(35-4)10-9-20-24(33)23(36-25(19)20)16-21-18-6-5-13-29-26(18)31-30-21/h5-6,9-10,13,16-17,33H,7-8,11-12,14-15H2,1-4H3. The first-order chi connectivity index (χ1) is 17.7. The van der Waals surface area contributed by atoms with Crippen molar-refractivity contribution in [3.63, 3.8) is 0 Å². The molecule has 9 heteroatoms. The Labute approximate surface area is 215 Å². The molecule has 0 unspecified atom stereocenters. The van der Waals surface area contributed by atoms with E-state index in [4.69, 9.17) is 13.9 Å². The van der Waals surface area contributed by atoms with Crippen molar-refractivity contribution in [3.05, 3.63) is 47.3 Å². The van der Waals surface area contributed by atoms with Gasteiger partial charge in [0, 0.05) is 36.5 Å². The second-order valence-electron chi connectivity index (χ2n) is 10.5. The topological polar surface area (TPSA) is 110 Å². The fourth-order valence-corrected chi connectivity index (χ4v) is 4.87. The van der Waals surface area contributed by atoms with Crippen molar-refractivity contribution in [1.82, 2.24) is 9.88 Å². The molecule has 1 aromatic carbocycles. The molecule has 2 aromatic heterocycles. The number of piperidine rings is 1. The molecular weight excluding hydrogens is 472 g/mol. The van der Waals surface area contributed by atoms with Gasteiger partial charge in [0.25, 0.3) is 0 Å². The summed E-state index contributed by atoms with van der Waals surface area (Å²) in [6, 6.07) is 7.38. The van der Waals surface area contributed by atoms with Crippen molar-refractivity contribution in [3.8, 4) is 11.5 Å². The van der Waals surface area contributed by atoms with Crippen LogP contribution in [-0.2, 0) is 11.2 Å². The van der Waals surface area contributed by atoms with Crippen LogP contribution in [0.1, 0.15) is 56.9 Å². The molecule has 0 radical (unpaired) electrons. The van der Waals surface area contributed by atoms with Gasteiger partial charge in [-0.3, -0.25) is 0 Å². The van der Waals surface area contributed by atoms with Gasteiger partial charge in [-0.1, -0.05) is 0 Å². The van der Waals surface area contributed by atoms with Crippen molar-refractivity contribution in [2.75, 3.05) is 20.2 Å². The minimum atomic E-state index is -0.493. The van der Waals surface area contributed by atoms with Crippen LogP contribution < -0.4 is 4.74 Å². The minimum Gasteiger partial charge on any atom is -0.504 e. The predicted molar refractivity (Wildman–Crippen MR) is 140 cm³/mol. The van der Waals surface area contributed by atoms with Crippen molar-refractivity contribution >= 4 is 34.7 Å². The molecule has 2 aliphatic rings. The Morgan fingerprint density at radius 2 is 2.00 bits per heavy atom. The van der Waals surface area contributed by atoms with Crippen LogP contribution in [0.15, 0.2) is 45.1 Å². The molecule has 5 rings (SSSR count). The molecule has 0 atom stereocenters. The van der Waals surface area contributed by atoms with Crippen LogP contribution >= 0.6 is 0 Å². The Kier molecular flexibility index (Phi) is 6.62. The van der Waals surface area contributed by atoms with Crippen LogP contribution in [0, 0.1) is 5.92 Å². The molecule has 37 heavy (non-hydrogen) atoms. The number of benzene rings is 1. The van der Waals surface area contributed by atoms with Crippen molar-refractivity contribution in [2.45, 2.75) is 52.1 Å². The van der Waals surface area contributed by atoms with Crippen molar-refractivity contribution in [2.24, 2.45) is 16.1 Å². The fourth-order valence-electron chi connectivity index (χ4n) is 4.87. The van der Waals surface area contributed by atoms with Crippen LogP contribution in [0.5, 0.6) is 11.5 Å². The number of azo groups is 1. The molecule has 1 amide bonds. The van der Waals surface area contributed by atoms with E-state index in [0.717, 1.165) is 42.6 Å². The third kappa shape index (κ3) is 5.16. The molecule has 0 spiro atoms. The molecule has 194 valence electrons. The van der Waals surface area contributed by atoms with Gasteiger partial charge in [-0.15, -0.1) is 10.2 Å². The quantitative estimate of drug-likeness (QED) is 0.413. The maximum absolute atomic E-state index is 12.4. The lowest BCUT2D eigenvalue weighted by molar-refractivity contribution is 0.0181. The van der Waals surface area contributed by atoms with E-state index in [9.17, 15) is 9.90 Å².